The summed E-state index contributed by atoms with van der Waals surface area (Å²) in [7, 11) is 0. The van der Waals surface area contributed by atoms with Crippen LogP contribution in [0.2, 0.25) is 0 Å². The SMILES string of the molecule is CC(=O)c1cccc(NC(=O)c2cccc(F)c2Br)c1. The van der Waals surface area contributed by atoms with E-state index in [9.17, 15) is 14.0 Å². The minimum Gasteiger partial charge on any atom is -0.322 e. The molecule has 1 amide bonds. The summed E-state index contributed by atoms with van der Waals surface area (Å²) in [6, 6.07) is 10.8. The lowest BCUT2D eigenvalue weighted by atomic mass is 10.1. The third-order valence-electron chi connectivity index (χ3n) is 2.72. The topological polar surface area (TPSA) is 46.2 Å². The number of nitrogens with one attached hydrogen (secondary N) is 1. The number of ketones is 1. The maximum atomic E-state index is 13.4. The fourth-order valence-corrected chi connectivity index (χ4v) is 2.14. The second-order valence-electron chi connectivity index (χ2n) is 4.19. The van der Waals surface area contributed by atoms with Crippen LogP contribution in [0.15, 0.2) is 46.9 Å². The largest absolute Gasteiger partial charge is 0.322 e. The Balaban J connectivity index is 2.26. The highest BCUT2D eigenvalue weighted by molar-refractivity contribution is 9.10. The maximum Gasteiger partial charge on any atom is 0.256 e. The molecule has 0 radical (unpaired) electrons. The van der Waals surface area contributed by atoms with Crippen molar-refractivity contribution < 1.29 is 14.0 Å². The van der Waals surface area contributed by atoms with Gasteiger partial charge >= 0.3 is 0 Å². The second-order valence-corrected chi connectivity index (χ2v) is 4.99. The minimum atomic E-state index is -0.505. The van der Waals surface area contributed by atoms with Crippen molar-refractivity contribution in [3.05, 3.63) is 63.9 Å². The summed E-state index contributed by atoms with van der Waals surface area (Å²) >= 11 is 3.04. The normalized spacial score (nSPS) is 10.2. The van der Waals surface area contributed by atoms with Crippen molar-refractivity contribution in [3.63, 3.8) is 0 Å². The van der Waals surface area contributed by atoms with E-state index in [0.29, 0.717) is 11.3 Å². The number of benzene rings is 2. The van der Waals surface area contributed by atoms with Crippen molar-refractivity contribution >= 4 is 33.3 Å². The van der Waals surface area contributed by atoms with Gasteiger partial charge in [0.25, 0.3) is 5.91 Å². The third kappa shape index (κ3) is 3.11. The lowest BCUT2D eigenvalue weighted by Gasteiger charge is -2.08. The van der Waals surface area contributed by atoms with Gasteiger partial charge in [0.05, 0.1) is 10.0 Å². The number of carbonyl (C=O) groups excluding carboxylic acids is 2. The van der Waals surface area contributed by atoms with Crippen molar-refractivity contribution in [2.24, 2.45) is 0 Å². The number of rotatable bonds is 3. The van der Waals surface area contributed by atoms with Crippen LogP contribution >= 0.6 is 15.9 Å². The number of anilines is 1. The first-order valence-corrected chi connectivity index (χ1v) is 6.64. The summed E-state index contributed by atoms with van der Waals surface area (Å²) in [6.45, 7) is 1.45. The highest BCUT2D eigenvalue weighted by Crippen LogP contribution is 2.22. The molecule has 1 N–H and O–H groups in total. The maximum absolute atomic E-state index is 13.4. The highest BCUT2D eigenvalue weighted by Gasteiger charge is 2.13. The molecule has 0 spiro atoms. The second kappa shape index (κ2) is 5.96. The molecule has 2 aromatic rings. The van der Waals surface area contributed by atoms with Crippen LogP contribution in [0.4, 0.5) is 10.1 Å². The summed E-state index contributed by atoms with van der Waals surface area (Å²) < 4.78 is 13.5. The van der Waals surface area contributed by atoms with E-state index in [1.165, 1.54) is 25.1 Å². The monoisotopic (exact) mass is 335 g/mol. The van der Waals surface area contributed by atoms with Gasteiger partial charge in [-0.1, -0.05) is 18.2 Å². The van der Waals surface area contributed by atoms with Crippen LogP contribution in [0.1, 0.15) is 27.6 Å². The summed E-state index contributed by atoms with van der Waals surface area (Å²) in [5, 5.41) is 2.63. The van der Waals surface area contributed by atoms with E-state index in [2.05, 4.69) is 21.2 Å². The van der Waals surface area contributed by atoms with E-state index in [0.717, 1.165) is 0 Å². The Labute approximate surface area is 123 Å². The van der Waals surface area contributed by atoms with Crippen molar-refractivity contribution in [2.45, 2.75) is 6.92 Å². The Hall–Kier alpha value is -2.01. The summed E-state index contributed by atoms with van der Waals surface area (Å²) in [5.74, 6) is -1.04. The average Bonchev–Trinajstić information content (AvgIpc) is 2.42. The van der Waals surface area contributed by atoms with Gasteiger partial charge in [0.2, 0.25) is 0 Å². The van der Waals surface area contributed by atoms with Crippen LogP contribution < -0.4 is 5.32 Å². The number of hydrogen-bond acceptors (Lipinski definition) is 2. The molecule has 0 heterocycles. The zero-order valence-corrected chi connectivity index (χ0v) is 12.2. The van der Waals surface area contributed by atoms with E-state index in [1.54, 1.807) is 24.3 Å². The predicted molar refractivity (Wildman–Crippen MR) is 78.5 cm³/mol. The van der Waals surface area contributed by atoms with Gasteiger partial charge in [-0.25, -0.2) is 4.39 Å². The summed E-state index contributed by atoms with van der Waals surface area (Å²) in [4.78, 5) is 23.4. The lowest BCUT2D eigenvalue weighted by molar-refractivity contribution is 0.101. The van der Waals surface area contributed by atoms with Gasteiger partial charge in [-0.15, -0.1) is 0 Å². The molecule has 0 aliphatic rings. The van der Waals surface area contributed by atoms with Gasteiger partial charge in [-0.05, 0) is 47.1 Å². The standard InChI is InChI=1S/C15H11BrFNO2/c1-9(19)10-4-2-5-11(8-10)18-15(20)12-6-3-7-13(17)14(12)16/h2-8H,1H3,(H,18,20). The molecule has 0 saturated heterocycles. The lowest BCUT2D eigenvalue weighted by Crippen LogP contribution is -2.13. The molecule has 2 aromatic carbocycles. The first-order chi connectivity index (χ1) is 9.49. The zero-order valence-electron chi connectivity index (χ0n) is 10.6. The number of halogens is 2. The molecule has 0 aliphatic heterocycles. The van der Waals surface area contributed by atoms with Gasteiger partial charge in [-0.3, -0.25) is 9.59 Å². The molecule has 5 heteroatoms. The Morgan fingerprint density at radius 2 is 1.85 bits per heavy atom. The van der Waals surface area contributed by atoms with Gasteiger partial charge in [0.1, 0.15) is 5.82 Å². The smallest absolute Gasteiger partial charge is 0.256 e. The van der Waals surface area contributed by atoms with Gasteiger partial charge in [-0.2, -0.15) is 0 Å². The highest BCUT2D eigenvalue weighted by atomic mass is 79.9. The number of carbonyl (C=O) groups is 2. The van der Waals surface area contributed by atoms with Crippen LogP contribution in [-0.4, -0.2) is 11.7 Å². The molecular formula is C15H11BrFNO2. The van der Waals surface area contributed by atoms with E-state index in [-0.39, 0.29) is 15.8 Å². The average molecular weight is 336 g/mol. The Morgan fingerprint density at radius 3 is 2.55 bits per heavy atom. The number of Topliss-reactive ketones (excluding diaryl/α,β-unsaturated/α-hetero) is 1. The fourth-order valence-electron chi connectivity index (χ4n) is 1.69. The van der Waals surface area contributed by atoms with Crippen molar-refractivity contribution in [2.75, 3.05) is 5.32 Å². The number of amides is 1. The van der Waals surface area contributed by atoms with Crippen LogP contribution in [0.25, 0.3) is 0 Å². The molecule has 20 heavy (non-hydrogen) atoms. The van der Waals surface area contributed by atoms with E-state index < -0.39 is 11.7 Å². The molecule has 0 saturated carbocycles. The molecule has 0 atom stereocenters. The summed E-state index contributed by atoms with van der Waals surface area (Å²) in [6.07, 6.45) is 0. The van der Waals surface area contributed by atoms with Crippen LogP contribution in [0, 0.1) is 5.82 Å². The molecular weight excluding hydrogens is 325 g/mol. The first kappa shape index (κ1) is 14.4. The van der Waals surface area contributed by atoms with Gasteiger partial charge in [0, 0.05) is 11.3 Å². The Kier molecular flexibility index (Phi) is 4.29. The van der Waals surface area contributed by atoms with Crippen LogP contribution in [0.3, 0.4) is 0 Å². The molecule has 3 nitrogen and oxygen atoms in total. The molecule has 0 fully saturated rings. The van der Waals surface area contributed by atoms with Crippen LogP contribution in [0.5, 0.6) is 0 Å². The van der Waals surface area contributed by atoms with Gasteiger partial charge < -0.3 is 5.32 Å². The Bertz CT molecular complexity index is 685. The predicted octanol–water partition coefficient (Wildman–Crippen LogP) is 4.04. The molecule has 0 unspecified atom stereocenters. The van der Waals surface area contributed by atoms with E-state index in [1.807, 2.05) is 0 Å². The van der Waals surface area contributed by atoms with E-state index >= 15 is 0 Å². The first-order valence-electron chi connectivity index (χ1n) is 5.85. The van der Waals surface area contributed by atoms with E-state index in [4.69, 9.17) is 0 Å². The molecule has 0 aliphatic carbocycles. The molecule has 2 rings (SSSR count). The van der Waals surface area contributed by atoms with Crippen LogP contribution in [-0.2, 0) is 0 Å². The molecule has 102 valence electrons. The number of hydrogen-bond donors (Lipinski definition) is 1. The zero-order chi connectivity index (χ0) is 14.7. The van der Waals surface area contributed by atoms with Crippen molar-refractivity contribution in [3.8, 4) is 0 Å². The molecule has 0 aromatic heterocycles. The van der Waals surface area contributed by atoms with Gasteiger partial charge in [0.15, 0.2) is 5.78 Å². The van der Waals surface area contributed by atoms with Crippen molar-refractivity contribution in [1.82, 2.24) is 0 Å². The quantitative estimate of drug-likeness (QED) is 0.860. The third-order valence-corrected chi connectivity index (χ3v) is 3.53. The summed E-state index contributed by atoms with van der Waals surface area (Å²) in [5.41, 5.74) is 1.18. The minimum absolute atomic E-state index is 0.0898. The Morgan fingerprint density at radius 1 is 1.15 bits per heavy atom. The fraction of sp³-hybridized carbons (Fsp3) is 0.0667. The van der Waals surface area contributed by atoms with Crippen molar-refractivity contribution in [1.29, 1.82) is 0 Å². The molecule has 0 bridgehead atoms.